The number of amides is 1. The lowest BCUT2D eigenvalue weighted by Crippen LogP contribution is -2.21. The molecule has 0 unspecified atom stereocenters. The van der Waals surface area contributed by atoms with Crippen molar-refractivity contribution < 1.29 is 14.7 Å². The minimum absolute atomic E-state index is 0.0739. The van der Waals surface area contributed by atoms with Crippen LogP contribution in [-0.4, -0.2) is 16.9 Å². The van der Waals surface area contributed by atoms with Crippen LogP contribution >= 0.6 is 11.3 Å². The second-order valence-electron chi connectivity index (χ2n) is 5.43. The molecule has 0 aliphatic heterocycles. The fourth-order valence-electron chi connectivity index (χ4n) is 2.34. The van der Waals surface area contributed by atoms with Gasteiger partial charge in [0, 0.05) is 5.69 Å². The number of nitrogens with zero attached hydrogens (tertiary/aromatic N) is 1. The average molecular weight is 331 g/mol. The number of thiazole rings is 1. The van der Waals surface area contributed by atoms with E-state index in [0.717, 1.165) is 34.6 Å². The van der Waals surface area contributed by atoms with Gasteiger partial charge in [-0.1, -0.05) is 25.1 Å². The Hall–Kier alpha value is -2.21. The lowest BCUT2D eigenvalue weighted by Gasteiger charge is -2.15. The van der Waals surface area contributed by atoms with Gasteiger partial charge in [0.1, 0.15) is 5.01 Å². The molecule has 122 valence electrons. The van der Waals surface area contributed by atoms with E-state index in [9.17, 15) is 14.7 Å². The summed E-state index contributed by atoms with van der Waals surface area (Å²) in [6.45, 7) is 7.30. The van der Waals surface area contributed by atoms with Crippen molar-refractivity contribution in [2.24, 2.45) is 0 Å². The number of carbonyl (C=O) groups is 2. The Morgan fingerprint density at radius 1 is 1.35 bits per heavy atom. The molecule has 0 spiro atoms. The number of anilines is 1. The van der Waals surface area contributed by atoms with Crippen LogP contribution in [0.25, 0.3) is 0 Å². The van der Waals surface area contributed by atoms with Crippen LogP contribution in [0.3, 0.4) is 0 Å². The lowest BCUT2D eigenvalue weighted by atomic mass is 10.0. The Kier molecular flexibility index (Phi) is 5.15. The summed E-state index contributed by atoms with van der Waals surface area (Å²) in [6, 6.07) is 5.89. The Morgan fingerprint density at radius 2 is 2.04 bits per heavy atom. The Balaban J connectivity index is 2.24. The van der Waals surface area contributed by atoms with Crippen LogP contribution in [-0.2, 0) is 11.2 Å². The van der Waals surface area contributed by atoms with Crippen molar-refractivity contribution in [3.05, 3.63) is 44.9 Å². The minimum atomic E-state index is -1.26. The summed E-state index contributed by atoms with van der Waals surface area (Å²) in [6.07, 6.45) is 0.816. The van der Waals surface area contributed by atoms with Gasteiger partial charge in [0.05, 0.1) is 22.5 Å². The van der Waals surface area contributed by atoms with Gasteiger partial charge in [0.25, 0.3) is 0 Å². The van der Waals surface area contributed by atoms with Crippen LogP contribution in [0, 0.1) is 13.8 Å². The number of carboxylic acid groups (broad SMARTS) is 1. The number of rotatable bonds is 5. The second kappa shape index (κ2) is 6.91. The quantitative estimate of drug-likeness (QED) is 0.912. The van der Waals surface area contributed by atoms with Crippen LogP contribution in [0.5, 0.6) is 0 Å². The van der Waals surface area contributed by atoms with Crippen molar-refractivity contribution in [2.45, 2.75) is 40.0 Å². The number of aromatic nitrogens is 1. The van der Waals surface area contributed by atoms with Crippen LogP contribution in [0.15, 0.2) is 18.2 Å². The predicted molar refractivity (Wildman–Crippen MR) is 88.8 cm³/mol. The fraction of sp³-hybridized carbons (Fsp3) is 0.353. The number of para-hydroxylation sites is 1. The maximum Gasteiger partial charge on any atom is 0.234 e. The first-order chi connectivity index (χ1) is 10.8. The number of aromatic carboxylic acids is 1. The molecule has 1 amide bonds. The number of hydrogen-bond donors (Lipinski definition) is 1. The minimum Gasteiger partial charge on any atom is -0.544 e. The first-order valence-electron chi connectivity index (χ1n) is 7.43. The van der Waals surface area contributed by atoms with Crippen molar-refractivity contribution in [3.8, 4) is 0 Å². The molecule has 2 aromatic rings. The maximum atomic E-state index is 12.5. The number of carboxylic acids is 1. The number of aryl methyl sites for hydroxylation is 3. The molecule has 0 radical (unpaired) electrons. The molecule has 0 fully saturated rings. The standard InChI is InChI=1S/C17H20N2O3S/c1-5-12-8-6-7-9(2)13(12)19-15(20)10(3)16-18-11(4)14(23-16)17(21)22/h6-8,10H,5H2,1-4H3,(H,19,20)(H,21,22)/p-1/t10-/m0/s1. The molecule has 1 atom stereocenters. The van der Waals surface area contributed by atoms with Gasteiger partial charge in [-0.15, -0.1) is 11.3 Å². The Labute approximate surface area is 139 Å². The van der Waals surface area contributed by atoms with Crippen LogP contribution < -0.4 is 10.4 Å². The van der Waals surface area contributed by atoms with Gasteiger partial charge < -0.3 is 15.2 Å². The number of hydrogen-bond acceptors (Lipinski definition) is 5. The zero-order chi connectivity index (χ0) is 17.1. The fourth-order valence-corrected chi connectivity index (χ4v) is 3.29. The molecule has 0 aliphatic rings. The van der Waals surface area contributed by atoms with E-state index in [1.807, 2.05) is 32.0 Å². The van der Waals surface area contributed by atoms with E-state index in [2.05, 4.69) is 10.3 Å². The molecule has 1 N–H and O–H groups in total. The van der Waals surface area contributed by atoms with Crippen molar-refractivity contribution in [1.82, 2.24) is 4.98 Å². The van der Waals surface area contributed by atoms with Crippen molar-refractivity contribution >= 4 is 28.9 Å². The van der Waals surface area contributed by atoms with Crippen molar-refractivity contribution in [2.75, 3.05) is 5.32 Å². The maximum absolute atomic E-state index is 12.5. The van der Waals surface area contributed by atoms with E-state index < -0.39 is 11.9 Å². The lowest BCUT2D eigenvalue weighted by molar-refractivity contribution is -0.254. The Bertz CT molecular complexity index is 752. The molecule has 5 nitrogen and oxygen atoms in total. The normalized spacial score (nSPS) is 12.0. The zero-order valence-corrected chi connectivity index (χ0v) is 14.4. The van der Waals surface area contributed by atoms with E-state index in [-0.39, 0.29) is 10.8 Å². The summed E-state index contributed by atoms with van der Waals surface area (Å²) in [5, 5.41) is 14.4. The van der Waals surface area contributed by atoms with Crippen LogP contribution in [0.2, 0.25) is 0 Å². The second-order valence-corrected chi connectivity index (χ2v) is 6.46. The van der Waals surface area contributed by atoms with Gasteiger partial charge in [-0.25, -0.2) is 4.98 Å². The van der Waals surface area contributed by atoms with Gasteiger partial charge in [-0.2, -0.15) is 0 Å². The van der Waals surface area contributed by atoms with Gasteiger partial charge >= 0.3 is 0 Å². The largest absolute Gasteiger partial charge is 0.544 e. The van der Waals surface area contributed by atoms with E-state index in [1.54, 1.807) is 13.8 Å². The summed E-state index contributed by atoms with van der Waals surface area (Å²) >= 11 is 0.995. The summed E-state index contributed by atoms with van der Waals surface area (Å²) in [4.78, 5) is 27.8. The molecule has 0 aliphatic carbocycles. The summed E-state index contributed by atoms with van der Waals surface area (Å²) < 4.78 is 0. The number of benzene rings is 1. The molecule has 1 heterocycles. The van der Waals surface area contributed by atoms with Gasteiger partial charge in [0.15, 0.2) is 0 Å². The van der Waals surface area contributed by atoms with E-state index in [0.29, 0.717) is 10.7 Å². The highest BCUT2D eigenvalue weighted by Crippen LogP contribution is 2.27. The zero-order valence-electron chi connectivity index (χ0n) is 13.6. The highest BCUT2D eigenvalue weighted by molar-refractivity contribution is 7.13. The molecular weight excluding hydrogens is 312 g/mol. The molecule has 1 aromatic heterocycles. The topological polar surface area (TPSA) is 82.1 Å². The summed E-state index contributed by atoms with van der Waals surface area (Å²) in [5.41, 5.74) is 3.27. The Morgan fingerprint density at radius 3 is 2.61 bits per heavy atom. The molecule has 6 heteroatoms. The first-order valence-corrected chi connectivity index (χ1v) is 8.24. The number of carbonyl (C=O) groups excluding carboxylic acids is 2. The highest BCUT2D eigenvalue weighted by atomic mass is 32.1. The van der Waals surface area contributed by atoms with E-state index in [4.69, 9.17) is 0 Å². The summed E-state index contributed by atoms with van der Waals surface area (Å²) in [7, 11) is 0. The van der Waals surface area contributed by atoms with E-state index in [1.165, 1.54) is 0 Å². The molecule has 0 saturated heterocycles. The van der Waals surface area contributed by atoms with Gasteiger partial charge in [-0.3, -0.25) is 4.79 Å². The van der Waals surface area contributed by atoms with Crippen molar-refractivity contribution in [1.29, 1.82) is 0 Å². The SMILES string of the molecule is CCc1cccc(C)c1NC(=O)[C@H](C)c1nc(C)c(C(=O)[O-])s1. The van der Waals surface area contributed by atoms with Crippen LogP contribution in [0.4, 0.5) is 5.69 Å². The third-order valence-corrected chi connectivity index (χ3v) is 5.07. The van der Waals surface area contributed by atoms with Crippen molar-refractivity contribution in [3.63, 3.8) is 0 Å². The molecule has 2 rings (SSSR count). The third kappa shape index (κ3) is 3.59. The highest BCUT2D eigenvalue weighted by Gasteiger charge is 2.22. The number of nitrogens with one attached hydrogen (secondary N) is 1. The monoisotopic (exact) mass is 331 g/mol. The third-order valence-electron chi connectivity index (χ3n) is 3.75. The summed E-state index contributed by atoms with van der Waals surface area (Å²) in [5.74, 6) is -1.99. The predicted octanol–water partition coefficient (Wildman–Crippen LogP) is 2.43. The molecule has 0 bridgehead atoms. The average Bonchev–Trinajstić information content (AvgIpc) is 2.90. The molecule has 1 aromatic carbocycles. The molecular formula is C17H19N2O3S-. The smallest absolute Gasteiger partial charge is 0.234 e. The molecule has 0 saturated carbocycles. The first kappa shape index (κ1) is 17.1. The van der Waals surface area contributed by atoms with E-state index >= 15 is 0 Å². The van der Waals surface area contributed by atoms with Gasteiger partial charge in [-0.05, 0) is 38.3 Å². The van der Waals surface area contributed by atoms with Crippen LogP contribution in [0.1, 0.15) is 51.3 Å². The molecule has 23 heavy (non-hydrogen) atoms. The van der Waals surface area contributed by atoms with Gasteiger partial charge in [0.2, 0.25) is 5.91 Å².